The van der Waals surface area contributed by atoms with Crippen LogP contribution < -0.4 is 14.8 Å². The minimum atomic E-state index is -0.176. The monoisotopic (exact) mass is 325 g/mol. The molecule has 1 aromatic rings. The fourth-order valence-electron chi connectivity index (χ4n) is 1.70. The molecule has 7 heteroatoms. The fraction of sp³-hybridized carbons (Fsp3) is 0.286. The molecule has 1 N–H and O–H groups in total. The van der Waals surface area contributed by atoms with Crippen LogP contribution in [-0.4, -0.2) is 37.7 Å². The Balaban J connectivity index is 2.17. The maximum Gasteiger partial charge on any atom is 0.263 e. The highest BCUT2D eigenvalue weighted by Crippen LogP contribution is 2.31. The molecule has 0 radical (unpaired) electrons. The number of thioether (sulfide) groups is 1. The third kappa shape index (κ3) is 4.20. The number of benzene rings is 1. The van der Waals surface area contributed by atoms with Crippen molar-refractivity contribution in [2.24, 2.45) is 0 Å². The summed E-state index contributed by atoms with van der Waals surface area (Å²) in [6.45, 7) is 0.947. The van der Waals surface area contributed by atoms with Crippen molar-refractivity contribution >= 4 is 40.3 Å². The number of nitrogens with one attached hydrogen (secondary N) is 1. The third-order valence-electron chi connectivity index (χ3n) is 2.67. The second-order valence-electron chi connectivity index (χ2n) is 4.10. The molecule has 1 amide bonds. The highest BCUT2D eigenvalue weighted by molar-refractivity contribution is 8.26. The van der Waals surface area contributed by atoms with Gasteiger partial charge in [0.1, 0.15) is 10.9 Å². The minimum absolute atomic E-state index is 0.176. The molecule has 21 heavy (non-hydrogen) atoms. The first-order chi connectivity index (χ1) is 10.1. The number of amides is 1. The number of carbonyl (C=O) groups excluding carboxylic acids is 1. The average molecular weight is 325 g/mol. The molecule has 0 aliphatic carbocycles. The SMILES string of the molecule is COCCOc1ccc(C=C2SC(=S)NC2=O)cc1OC. The predicted molar refractivity (Wildman–Crippen MR) is 86.7 cm³/mol. The Kier molecular flexibility index (Phi) is 5.60. The Hall–Kier alpha value is -1.57. The quantitative estimate of drug-likeness (QED) is 0.492. The van der Waals surface area contributed by atoms with E-state index < -0.39 is 0 Å². The van der Waals surface area contributed by atoms with Crippen molar-refractivity contribution in [3.05, 3.63) is 28.7 Å². The topological polar surface area (TPSA) is 56.8 Å². The van der Waals surface area contributed by atoms with Crippen molar-refractivity contribution in [1.29, 1.82) is 0 Å². The van der Waals surface area contributed by atoms with Crippen LogP contribution >= 0.6 is 24.0 Å². The van der Waals surface area contributed by atoms with Gasteiger partial charge in [-0.2, -0.15) is 0 Å². The van der Waals surface area contributed by atoms with Gasteiger partial charge in [-0.1, -0.05) is 30.0 Å². The van der Waals surface area contributed by atoms with Gasteiger partial charge in [-0.15, -0.1) is 0 Å². The molecule has 0 saturated carbocycles. The van der Waals surface area contributed by atoms with Crippen molar-refractivity contribution in [3.63, 3.8) is 0 Å². The number of carbonyl (C=O) groups is 1. The van der Waals surface area contributed by atoms with Gasteiger partial charge in [0.05, 0.1) is 18.6 Å². The van der Waals surface area contributed by atoms with Crippen molar-refractivity contribution in [2.45, 2.75) is 0 Å². The maximum absolute atomic E-state index is 11.6. The molecule has 0 aromatic heterocycles. The largest absolute Gasteiger partial charge is 0.493 e. The third-order valence-corrected chi connectivity index (χ3v) is 3.84. The second-order valence-corrected chi connectivity index (χ2v) is 5.82. The molecule has 1 aromatic carbocycles. The lowest BCUT2D eigenvalue weighted by molar-refractivity contribution is -0.115. The van der Waals surface area contributed by atoms with Crippen molar-refractivity contribution < 1.29 is 19.0 Å². The maximum atomic E-state index is 11.6. The molecule has 1 aliphatic rings. The summed E-state index contributed by atoms with van der Waals surface area (Å²) >= 11 is 6.20. The van der Waals surface area contributed by atoms with E-state index in [-0.39, 0.29) is 5.91 Å². The average Bonchev–Trinajstić information content (AvgIpc) is 2.78. The molecule has 1 aliphatic heterocycles. The smallest absolute Gasteiger partial charge is 0.263 e. The van der Waals surface area contributed by atoms with Crippen molar-refractivity contribution in [2.75, 3.05) is 27.4 Å². The van der Waals surface area contributed by atoms with Crippen LogP contribution in [-0.2, 0) is 9.53 Å². The summed E-state index contributed by atoms with van der Waals surface area (Å²) in [5.74, 6) is 1.06. The first-order valence-corrected chi connectivity index (χ1v) is 7.41. The molecule has 5 nitrogen and oxygen atoms in total. The number of ether oxygens (including phenoxy) is 3. The predicted octanol–water partition coefficient (Wildman–Crippen LogP) is 2.21. The van der Waals surface area contributed by atoms with Crippen LogP contribution in [0.4, 0.5) is 0 Å². The van der Waals surface area contributed by atoms with Crippen LogP contribution in [0.25, 0.3) is 6.08 Å². The molecule has 0 atom stereocenters. The highest BCUT2D eigenvalue weighted by Gasteiger charge is 2.22. The van der Waals surface area contributed by atoms with Gasteiger partial charge in [0.2, 0.25) is 0 Å². The van der Waals surface area contributed by atoms with E-state index in [1.54, 1.807) is 26.4 Å². The zero-order valence-corrected chi connectivity index (χ0v) is 13.3. The van der Waals surface area contributed by atoms with Crippen LogP contribution in [0.15, 0.2) is 23.1 Å². The first kappa shape index (κ1) is 15.8. The summed E-state index contributed by atoms with van der Waals surface area (Å²) in [6, 6.07) is 5.47. The van der Waals surface area contributed by atoms with E-state index in [4.69, 9.17) is 26.4 Å². The second kappa shape index (κ2) is 7.44. The number of hydrogen-bond acceptors (Lipinski definition) is 6. The number of hydrogen-bond donors (Lipinski definition) is 1. The lowest BCUT2D eigenvalue weighted by Gasteiger charge is -2.11. The van der Waals surface area contributed by atoms with Gasteiger partial charge in [-0.25, -0.2) is 0 Å². The lowest BCUT2D eigenvalue weighted by Crippen LogP contribution is -2.17. The van der Waals surface area contributed by atoms with Crippen LogP contribution in [0.2, 0.25) is 0 Å². The Morgan fingerprint density at radius 3 is 2.71 bits per heavy atom. The molecule has 0 spiro atoms. The van der Waals surface area contributed by atoms with Gasteiger partial charge < -0.3 is 19.5 Å². The molecule has 2 rings (SSSR count). The fourth-order valence-corrected chi connectivity index (χ4v) is 2.74. The standard InChI is InChI=1S/C14H15NO4S2/c1-17-5-6-19-10-4-3-9(7-11(10)18-2)8-12-13(16)15-14(20)21-12/h3-4,7-8H,5-6H2,1-2H3,(H,15,16,20). The molecule has 0 bridgehead atoms. The van der Waals surface area contributed by atoms with Crippen molar-refractivity contribution in [1.82, 2.24) is 5.32 Å². The number of rotatable bonds is 6. The molecule has 0 unspecified atom stereocenters. The van der Waals surface area contributed by atoms with Gasteiger partial charge in [-0.05, 0) is 23.8 Å². The van der Waals surface area contributed by atoms with E-state index in [1.807, 2.05) is 12.1 Å². The van der Waals surface area contributed by atoms with Crippen LogP contribution in [0.1, 0.15) is 5.56 Å². The summed E-state index contributed by atoms with van der Waals surface area (Å²) in [5.41, 5.74) is 0.841. The zero-order valence-electron chi connectivity index (χ0n) is 11.7. The van der Waals surface area contributed by atoms with Gasteiger partial charge in [0.15, 0.2) is 11.5 Å². The van der Waals surface area contributed by atoms with E-state index >= 15 is 0 Å². The van der Waals surface area contributed by atoms with E-state index in [9.17, 15) is 4.79 Å². The van der Waals surface area contributed by atoms with Gasteiger partial charge in [0.25, 0.3) is 5.91 Å². The summed E-state index contributed by atoms with van der Waals surface area (Å²) in [4.78, 5) is 12.2. The highest BCUT2D eigenvalue weighted by atomic mass is 32.2. The van der Waals surface area contributed by atoms with Gasteiger partial charge >= 0.3 is 0 Å². The summed E-state index contributed by atoms with van der Waals surface area (Å²) in [7, 11) is 3.19. The van der Waals surface area contributed by atoms with Crippen LogP contribution in [0.5, 0.6) is 11.5 Å². The Morgan fingerprint density at radius 1 is 1.29 bits per heavy atom. The Morgan fingerprint density at radius 2 is 2.10 bits per heavy atom. The number of methoxy groups -OCH3 is 2. The van der Waals surface area contributed by atoms with Crippen molar-refractivity contribution in [3.8, 4) is 11.5 Å². The summed E-state index contributed by atoms with van der Waals surface area (Å²) in [5, 5.41) is 2.58. The van der Waals surface area contributed by atoms with E-state index in [0.29, 0.717) is 33.9 Å². The van der Waals surface area contributed by atoms with Gasteiger partial charge in [-0.3, -0.25) is 4.79 Å². The molecule has 1 saturated heterocycles. The lowest BCUT2D eigenvalue weighted by atomic mass is 10.2. The Bertz CT molecular complexity index is 586. The van der Waals surface area contributed by atoms with Crippen LogP contribution in [0, 0.1) is 0 Å². The molecule has 1 heterocycles. The number of thiocarbonyl (C=S) groups is 1. The molecule has 112 valence electrons. The summed E-state index contributed by atoms with van der Waals surface area (Å²) < 4.78 is 16.3. The Labute approximate surface area is 132 Å². The summed E-state index contributed by atoms with van der Waals surface area (Å²) in [6.07, 6.45) is 1.76. The van der Waals surface area contributed by atoms with E-state index in [2.05, 4.69) is 5.32 Å². The minimum Gasteiger partial charge on any atom is -0.493 e. The molecule has 1 fully saturated rings. The zero-order chi connectivity index (χ0) is 15.2. The van der Waals surface area contributed by atoms with E-state index in [0.717, 1.165) is 5.56 Å². The van der Waals surface area contributed by atoms with Crippen LogP contribution in [0.3, 0.4) is 0 Å². The first-order valence-electron chi connectivity index (χ1n) is 6.18. The van der Waals surface area contributed by atoms with E-state index in [1.165, 1.54) is 11.8 Å². The van der Waals surface area contributed by atoms with Gasteiger partial charge in [0, 0.05) is 7.11 Å². The normalized spacial score (nSPS) is 16.2. The molecular formula is C14H15NO4S2. The molecular weight excluding hydrogens is 310 g/mol.